The van der Waals surface area contributed by atoms with Crippen molar-refractivity contribution in [2.75, 3.05) is 0 Å². The summed E-state index contributed by atoms with van der Waals surface area (Å²) in [5.74, 6) is 0. The van der Waals surface area contributed by atoms with Crippen LogP contribution >= 0.6 is 11.3 Å². The molecule has 1 nitrogen and oxygen atoms in total. The second-order valence-corrected chi connectivity index (χ2v) is 20.2. The van der Waals surface area contributed by atoms with Crippen LogP contribution in [-0.4, -0.2) is 4.57 Å². The van der Waals surface area contributed by atoms with E-state index in [2.05, 4.69) is 231 Å². The van der Waals surface area contributed by atoms with Crippen LogP contribution in [0.1, 0.15) is 25.0 Å². The quantitative estimate of drug-likeness (QED) is 0.123. The van der Waals surface area contributed by atoms with Gasteiger partial charge in [-0.1, -0.05) is 166 Å². The number of hydrogen-bond donors (Lipinski definition) is 0. The number of nitrogens with zero attached hydrogens (tertiary/aromatic N) is 1. The molecule has 0 unspecified atom stereocenters. The predicted octanol–water partition coefficient (Wildman–Crippen LogP) is 18.6. The fraction of sp³-hybridized carbons (Fsp3) is 0.0462. The molecule has 0 aliphatic heterocycles. The van der Waals surface area contributed by atoms with Crippen molar-refractivity contribution in [1.29, 1.82) is 0 Å². The molecule has 0 spiro atoms. The van der Waals surface area contributed by atoms with Crippen LogP contribution in [0.15, 0.2) is 212 Å². The maximum absolute atomic E-state index is 2.52. The predicted molar refractivity (Wildman–Crippen MR) is 290 cm³/mol. The van der Waals surface area contributed by atoms with Crippen molar-refractivity contribution in [2.24, 2.45) is 0 Å². The molecule has 0 N–H and O–H groups in total. The Balaban J connectivity index is 0.948. The summed E-state index contributed by atoms with van der Waals surface area (Å²) in [4.78, 5) is 0. The lowest BCUT2D eigenvalue weighted by atomic mass is 9.79. The SMILES string of the molecule is CC1(C)c2cc(-c3c4ccccc4c(-c4ccc5c(c4)c4cc6sc7ccccc7c6cc4n5-c4ccccc4)c4ccccc34)ccc2-c2cc3c4ccccc4c4ccccc4c3cc21. The summed E-state index contributed by atoms with van der Waals surface area (Å²) in [5.41, 5.74) is 14.0. The maximum atomic E-state index is 2.52. The number of rotatable bonds is 3. The summed E-state index contributed by atoms with van der Waals surface area (Å²) < 4.78 is 5.11. The number of hydrogen-bond acceptors (Lipinski definition) is 1. The van der Waals surface area contributed by atoms with Gasteiger partial charge in [-0.3, -0.25) is 0 Å². The van der Waals surface area contributed by atoms with Crippen molar-refractivity contribution in [1.82, 2.24) is 4.57 Å². The van der Waals surface area contributed by atoms with Gasteiger partial charge >= 0.3 is 0 Å². The van der Waals surface area contributed by atoms with E-state index in [9.17, 15) is 0 Å². The lowest BCUT2D eigenvalue weighted by molar-refractivity contribution is 0.661. The molecule has 14 aromatic rings. The summed E-state index contributed by atoms with van der Waals surface area (Å²) in [5, 5.41) is 18.2. The zero-order valence-corrected chi connectivity index (χ0v) is 37.9. The van der Waals surface area contributed by atoms with Gasteiger partial charge in [-0.25, -0.2) is 0 Å². The standard InChI is InChI=1S/C65H41NS/c1-65(2)57-33-39(28-30-45(57)53-34-51-43-20-8-6-18-41(43)42-19-7-9-21-44(42)52(51)35-58(53)65)64-49-25-12-10-23-47(49)63(48-24-11-13-26-50(48)64)38-29-31-59-54(32-38)55-37-62-56(46-22-14-15-27-61(46)67-62)36-60(55)66(59)40-16-4-3-5-17-40/h3-37H,1-2H3. The molecule has 2 heterocycles. The van der Waals surface area contributed by atoms with E-state index >= 15 is 0 Å². The molecule has 312 valence electrons. The molecule has 67 heavy (non-hydrogen) atoms. The monoisotopic (exact) mass is 867 g/mol. The van der Waals surface area contributed by atoms with E-state index in [1.807, 2.05) is 11.3 Å². The van der Waals surface area contributed by atoms with Crippen LogP contribution in [0.3, 0.4) is 0 Å². The van der Waals surface area contributed by atoms with Gasteiger partial charge in [-0.05, 0) is 159 Å². The third-order valence-corrected chi connectivity index (χ3v) is 16.5. The second-order valence-electron chi connectivity index (χ2n) is 19.1. The Morgan fingerprint density at radius 3 is 1.45 bits per heavy atom. The minimum Gasteiger partial charge on any atom is -0.309 e. The van der Waals surface area contributed by atoms with Crippen LogP contribution in [-0.2, 0) is 5.41 Å². The van der Waals surface area contributed by atoms with Crippen LogP contribution in [0.4, 0.5) is 0 Å². The third-order valence-electron chi connectivity index (χ3n) is 15.3. The van der Waals surface area contributed by atoms with Crippen molar-refractivity contribution in [2.45, 2.75) is 19.3 Å². The van der Waals surface area contributed by atoms with Gasteiger partial charge < -0.3 is 4.57 Å². The van der Waals surface area contributed by atoms with E-state index in [1.54, 1.807) is 0 Å². The number of para-hydroxylation sites is 1. The van der Waals surface area contributed by atoms with E-state index in [-0.39, 0.29) is 5.41 Å². The van der Waals surface area contributed by atoms with Crippen molar-refractivity contribution in [3.8, 4) is 39.1 Å². The molecule has 2 aromatic heterocycles. The molecule has 15 rings (SSSR count). The lowest BCUT2D eigenvalue weighted by Gasteiger charge is -2.23. The van der Waals surface area contributed by atoms with Gasteiger partial charge in [-0.15, -0.1) is 11.3 Å². The smallest absolute Gasteiger partial charge is 0.0548 e. The van der Waals surface area contributed by atoms with E-state index < -0.39 is 0 Å². The van der Waals surface area contributed by atoms with Gasteiger partial charge in [0.25, 0.3) is 0 Å². The lowest BCUT2D eigenvalue weighted by Crippen LogP contribution is -2.15. The van der Waals surface area contributed by atoms with Gasteiger partial charge in [0.05, 0.1) is 11.0 Å². The summed E-state index contributed by atoms with van der Waals surface area (Å²) in [6, 6.07) is 80.1. The zero-order valence-electron chi connectivity index (χ0n) is 37.1. The Hall–Kier alpha value is -8.04. The Bertz CT molecular complexity index is 4410. The van der Waals surface area contributed by atoms with Gasteiger partial charge in [-0.2, -0.15) is 0 Å². The highest BCUT2D eigenvalue weighted by atomic mass is 32.1. The molecule has 0 bridgehead atoms. The highest BCUT2D eigenvalue weighted by molar-refractivity contribution is 7.25. The van der Waals surface area contributed by atoms with Crippen molar-refractivity contribution in [3.63, 3.8) is 0 Å². The zero-order chi connectivity index (χ0) is 44.1. The summed E-state index contributed by atoms with van der Waals surface area (Å²) in [6.07, 6.45) is 0. The molecule has 0 radical (unpaired) electrons. The topological polar surface area (TPSA) is 4.93 Å². The molecule has 0 saturated heterocycles. The molecule has 0 amide bonds. The molecular weight excluding hydrogens is 827 g/mol. The fourth-order valence-electron chi connectivity index (χ4n) is 12.3. The average Bonchev–Trinajstić information content (AvgIpc) is 3.98. The fourth-order valence-corrected chi connectivity index (χ4v) is 13.4. The first kappa shape index (κ1) is 37.2. The van der Waals surface area contributed by atoms with Crippen molar-refractivity contribution in [3.05, 3.63) is 223 Å². The largest absolute Gasteiger partial charge is 0.309 e. The normalized spacial score (nSPS) is 13.3. The Morgan fingerprint density at radius 2 is 0.806 bits per heavy atom. The van der Waals surface area contributed by atoms with E-state index in [1.165, 1.54) is 146 Å². The minimum absolute atomic E-state index is 0.192. The van der Waals surface area contributed by atoms with Crippen LogP contribution in [0.5, 0.6) is 0 Å². The van der Waals surface area contributed by atoms with Crippen molar-refractivity contribution >= 4 is 107 Å². The van der Waals surface area contributed by atoms with E-state index in [0.29, 0.717) is 0 Å². The first-order valence-corrected chi connectivity index (χ1v) is 24.2. The van der Waals surface area contributed by atoms with Gasteiger partial charge in [0.2, 0.25) is 0 Å². The Labute approximate surface area is 391 Å². The molecule has 1 aliphatic carbocycles. The average molecular weight is 868 g/mol. The Morgan fingerprint density at radius 1 is 0.313 bits per heavy atom. The molecule has 0 fully saturated rings. The summed E-state index contributed by atoms with van der Waals surface area (Å²) in [7, 11) is 0. The number of aromatic nitrogens is 1. The van der Waals surface area contributed by atoms with Crippen LogP contribution < -0.4 is 0 Å². The Kier molecular flexibility index (Phi) is 7.51. The molecular formula is C65H41NS. The second kappa shape index (κ2) is 13.5. The van der Waals surface area contributed by atoms with E-state index in [4.69, 9.17) is 0 Å². The van der Waals surface area contributed by atoms with Crippen LogP contribution in [0.25, 0.3) is 135 Å². The third kappa shape index (κ3) is 5.08. The number of thiophene rings is 1. The van der Waals surface area contributed by atoms with Gasteiger partial charge in [0.1, 0.15) is 0 Å². The highest BCUT2D eigenvalue weighted by Gasteiger charge is 2.37. The maximum Gasteiger partial charge on any atom is 0.0548 e. The number of benzene rings is 12. The molecule has 2 heteroatoms. The van der Waals surface area contributed by atoms with E-state index in [0.717, 1.165) is 0 Å². The van der Waals surface area contributed by atoms with Gasteiger partial charge in [0.15, 0.2) is 0 Å². The molecule has 1 aliphatic rings. The van der Waals surface area contributed by atoms with Crippen LogP contribution in [0, 0.1) is 0 Å². The first-order valence-electron chi connectivity index (χ1n) is 23.4. The molecule has 0 saturated carbocycles. The first-order chi connectivity index (χ1) is 33.0. The highest BCUT2D eigenvalue weighted by Crippen LogP contribution is 2.54. The number of fused-ring (bicyclic) bond motifs is 17. The van der Waals surface area contributed by atoms with Crippen LogP contribution in [0.2, 0.25) is 0 Å². The summed E-state index contributed by atoms with van der Waals surface area (Å²) in [6.45, 7) is 4.85. The molecule has 12 aromatic carbocycles. The molecule has 0 atom stereocenters. The van der Waals surface area contributed by atoms with Crippen molar-refractivity contribution < 1.29 is 0 Å². The summed E-state index contributed by atoms with van der Waals surface area (Å²) >= 11 is 1.89. The van der Waals surface area contributed by atoms with Gasteiger partial charge in [0, 0.05) is 42.0 Å². The minimum atomic E-state index is -0.192.